The van der Waals surface area contributed by atoms with Gasteiger partial charge in [-0.2, -0.15) is 0 Å². The summed E-state index contributed by atoms with van der Waals surface area (Å²) in [6.45, 7) is 6.97. The van der Waals surface area contributed by atoms with Gasteiger partial charge in [0, 0.05) is 26.1 Å². The highest BCUT2D eigenvalue weighted by Gasteiger charge is 2.45. The standard InChI is InChI=1S/C9H17NO2/c1-7-5-10-6-9(12-7)3-4-11-8(9)2/h7-8,10H,3-6H2,1-2H3. The van der Waals surface area contributed by atoms with Crippen molar-refractivity contribution in [3.8, 4) is 0 Å². The first-order chi connectivity index (χ1) is 5.73. The van der Waals surface area contributed by atoms with Crippen molar-refractivity contribution < 1.29 is 9.47 Å². The Kier molecular flexibility index (Phi) is 2.10. The topological polar surface area (TPSA) is 30.5 Å². The zero-order valence-corrected chi connectivity index (χ0v) is 7.80. The molecular formula is C9H17NO2. The van der Waals surface area contributed by atoms with Crippen LogP contribution < -0.4 is 5.32 Å². The molecule has 3 heteroatoms. The Bertz CT molecular complexity index is 174. The first kappa shape index (κ1) is 8.48. The fourth-order valence-electron chi connectivity index (χ4n) is 2.12. The second-order valence-corrected chi connectivity index (χ2v) is 3.89. The van der Waals surface area contributed by atoms with Gasteiger partial charge in [0.25, 0.3) is 0 Å². The minimum absolute atomic E-state index is 0.0301. The molecule has 12 heavy (non-hydrogen) atoms. The van der Waals surface area contributed by atoms with Gasteiger partial charge in [0.15, 0.2) is 0 Å². The molecule has 1 N–H and O–H groups in total. The number of hydrogen-bond donors (Lipinski definition) is 1. The third kappa shape index (κ3) is 1.26. The number of nitrogens with one attached hydrogen (secondary N) is 1. The van der Waals surface area contributed by atoms with Crippen LogP contribution >= 0.6 is 0 Å². The highest BCUT2D eigenvalue weighted by Crippen LogP contribution is 2.32. The van der Waals surface area contributed by atoms with E-state index in [0.717, 1.165) is 26.1 Å². The number of morpholine rings is 1. The third-order valence-electron chi connectivity index (χ3n) is 2.93. The summed E-state index contributed by atoms with van der Waals surface area (Å²) in [6.07, 6.45) is 1.60. The van der Waals surface area contributed by atoms with Gasteiger partial charge in [0.1, 0.15) is 5.60 Å². The molecular weight excluding hydrogens is 154 g/mol. The minimum atomic E-state index is -0.0301. The molecule has 0 aromatic heterocycles. The Balaban J connectivity index is 2.08. The molecule has 2 saturated heterocycles. The molecule has 0 bridgehead atoms. The maximum atomic E-state index is 5.96. The van der Waals surface area contributed by atoms with E-state index in [1.165, 1.54) is 0 Å². The first-order valence-corrected chi connectivity index (χ1v) is 4.73. The van der Waals surface area contributed by atoms with Crippen LogP contribution in [-0.2, 0) is 9.47 Å². The summed E-state index contributed by atoms with van der Waals surface area (Å²) in [7, 11) is 0. The second-order valence-electron chi connectivity index (χ2n) is 3.89. The van der Waals surface area contributed by atoms with Gasteiger partial charge in [-0.05, 0) is 13.8 Å². The Morgan fingerprint density at radius 3 is 2.83 bits per heavy atom. The predicted octanol–water partition coefficient (Wildman–Crippen LogP) is 0.542. The minimum Gasteiger partial charge on any atom is -0.375 e. The smallest absolute Gasteiger partial charge is 0.109 e. The summed E-state index contributed by atoms with van der Waals surface area (Å²) in [5.74, 6) is 0. The van der Waals surface area contributed by atoms with Crippen molar-refractivity contribution in [3.63, 3.8) is 0 Å². The molecule has 2 aliphatic heterocycles. The highest BCUT2D eigenvalue weighted by atomic mass is 16.6. The zero-order chi connectivity index (χ0) is 8.60. The zero-order valence-electron chi connectivity index (χ0n) is 7.80. The van der Waals surface area contributed by atoms with Gasteiger partial charge in [-0.15, -0.1) is 0 Å². The van der Waals surface area contributed by atoms with Crippen molar-refractivity contribution in [2.24, 2.45) is 0 Å². The molecule has 0 amide bonds. The predicted molar refractivity (Wildman–Crippen MR) is 46.2 cm³/mol. The van der Waals surface area contributed by atoms with Crippen molar-refractivity contribution >= 4 is 0 Å². The van der Waals surface area contributed by atoms with E-state index in [1.54, 1.807) is 0 Å². The number of rotatable bonds is 0. The average molecular weight is 171 g/mol. The molecule has 0 saturated carbocycles. The molecule has 0 aromatic rings. The fourth-order valence-corrected chi connectivity index (χ4v) is 2.12. The summed E-state index contributed by atoms with van der Waals surface area (Å²) in [5, 5.41) is 3.39. The van der Waals surface area contributed by atoms with Crippen molar-refractivity contribution in [2.45, 2.75) is 38.1 Å². The quantitative estimate of drug-likeness (QED) is 0.577. The Labute approximate surface area is 73.4 Å². The van der Waals surface area contributed by atoms with Crippen molar-refractivity contribution in [3.05, 3.63) is 0 Å². The Hall–Kier alpha value is -0.120. The van der Waals surface area contributed by atoms with Crippen LogP contribution in [0, 0.1) is 0 Å². The van der Waals surface area contributed by atoms with E-state index in [4.69, 9.17) is 9.47 Å². The van der Waals surface area contributed by atoms with E-state index >= 15 is 0 Å². The molecule has 2 heterocycles. The number of hydrogen-bond acceptors (Lipinski definition) is 3. The van der Waals surface area contributed by atoms with Crippen molar-refractivity contribution in [1.29, 1.82) is 0 Å². The van der Waals surface area contributed by atoms with Gasteiger partial charge >= 0.3 is 0 Å². The van der Waals surface area contributed by atoms with Crippen LogP contribution in [0.1, 0.15) is 20.3 Å². The monoisotopic (exact) mass is 171 g/mol. The maximum absolute atomic E-state index is 5.96. The summed E-state index contributed by atoms with van der Waals surface area (Å²) >= 11 is 0. The molecule has 3 nitrogen and oxygen atoms in total. The van der Waals surface area contributed by atoms with E-state index in [-0.39, 0.29) is 11.7 Å². The average Bonchev–Trinajstić information content (AvgIpc) is 2.33. The second kappa shape index (κ2) is 2.98. The van der Waals surface area contributed by atoms with Crippen LogP contribution in [0.25, 0.3) is 0 Å². The lowest BCUT2D eigenvalue weighted by molar-refractivity contribution is -0.135. The van der Waals surface area contributed by atoms with Crippen LogP contribution in [0.15, 0.2) is 0 Å². The van der Waals surface area contributed by atoms with Gasteiger partial charge in [0.05, 0.1) is 12.2 Å². The molecule has 2 aliphatic rings. The largest absolute Gasteiger partial charge is 0.375 e. The summed E-state index contributed by atoms with van der Waals surface area (Å²) in [5.41, 5.74) is -0.0301. The lowest BCUT2D eigenvalue weighted by Crippen LogP contribution is -2.56. The molecule has 1 spiro atoms. The molecule has 3 atom stereocenters. The van der Waals surface area contributed by atoms with Crippen LogP contribution in [0.4, 0.5) is 0 Å². The maximum Gasteiger partial charge on any atom is 0.109 e. The molecule has 2 fully saturated rings. The van der Waals surface area contributed by atoms with Crippen LogP contribution in [0.2, 0.25) is 0 Å². The third-order valence-corrected chi connectivity index (χ3v) is 2.93. The summed E-state index contributed by atoms with van der Waals surface area (Å²) in [6, 6.07) is 0. The molecule has 70 valence electrons. The highest BCUT2D eigenvalue weighted by molar-refractivity contribution is 4.96. The van der Waals surface area contributed by atoms with Crippen LogP contribution in [0.5, 0.6) is 0 Å². The normalized spacial score (nSPS) is 48.5. The van der Waals surface area contributed by atoms with E-state index < -0.39 is 0 Å². The molecule has 2 rings (SSSR count). The van der Waals surface area contributed by atoms with Crippen molar-refractivity contribution in [2.75, 3.05) is 19.7 Å². The van der Waals surface area contributed by atoms with Gasteiger partial charge in [-0.25, -0.2) is 0 Å². The SMILES string of the molecule is CC1CNCC2(CCOC2C)O1. The lowest BCUT2D eigenvalue weighted by Gasteiger charge is -2.39. The van der Waals surface area contributed by atoms with Crippen LogP contribution in [-0.4, -0.2) is 37.5 Å². The van der Waals surface area contributed by atoms with Gasteiger partial charge in [-0.3, -0.25) is 0 Å². The van der Waals surface area contributed by atoms with Crippen molar-refractivity contribution in [1.82, 2.24) is 5.32 Å². The van der Waals surface area contributed by atoms with E-state index in [1.807, 2.05) is 0 Å². The molecule has 0 aromatic carbocycles. The summed E-state index contributed by atoms with van der Waals surface area (Å²) < 4.78 is 11.5. The van der Waals surface area contributed by atoms with E-state index in [2.05, 4.69) is 19.2 Å². The van der Waals surface area contributed by atoms with Gasteiger partial charge in [0.2, 0.25) is 0 Å². The lowest BCUT2D eigenvalue weighted by atomic mass is 9.94. The van der Waals surface area contributed by atoms with Gasteiger partial charge < -0.3 is 14.8 Å². The summed E-state index contributed by atoms with van der Waals surface area (Å²) in [4.78, 5) is 0. The van der Waals surface area contributed by atoms with Crippen LogP contribution in [0.3, 0.4) is 0 Å². The Morgan fingerprint density at radius 1 is 1.42 bits per heavy atom. The molecule has 0 radical (unpaired) electrons. The van der Waals surface area contributed by atoms with E-state index in [9.17, 15) is 0 Å². The molecule has 3 unspecified atom stereocenters. The molecule has 0 aliphatic carbocycles. The number of ether oxygens (including phenoxy) is 2. The Morgan fingerprint density at radius 2 is 2.25 bits per heavy atom. The first-order valence-electron chi connectivity index (χ1n) is 4.73. The van der Waals surface area contributed by atoms with Gasteiger partial charge in [-0.1, -0.05) is 0 Å². The fraction of sp³-hybridized carbons (Fsp3) is 1.00. The van der Waals surface area contributed by atoms with E-state index in [0.29, 0.717) is 6.10 Å².